The Kier molecular flexibility index (Phi) is 14.3. The van der Waals surface area contributed by atoms with Gasteiger partial charge in [-0.3, -0.25) is 9.59 Å². The highest BCUT2D eigenvalue weighted by molar-refractivity contribution is 8.76. The molecule has 0 aliphatic rings. The van der Waals surface area contributed by atoms with E-state index in [2.05, 4.69) is 24.5 Å². The molecule has 1 amide bonds. The fourth-order valence-electron chi connectivity index (χ4n) is 1.64. The molecule has 6 heteroatoms. The van der Waals surface area contributed by atoms with Gasteiger partial charge in [0.25, 0.3) is 0 Å². The van der Waals surface area contributed by atoms with E-state index in [1.807, 2.05) is 24.6 Å². The molecule has 22 heavy (non-hydrogen) atoms. The molecule has 2 N–H and O–H groups in total. The van der Waals surface area contributed by atoms with E-state index in [4.69, 9.17) is 0 Å². The lowest BCUT2D eigenvalue weighted by atomic mass is 10.00. The van der Waals surface area contributed by atoms with E-state index >= 15 is 0 Å². The fraction of sp³-hybridized carbons (Fsp3) is 0.875. The van der Waals surface area contributed by atoms with Gasteiger partial charge in [-0.05, 0) is 19.8 Å². The van der Waals surface area contributed by atoms with Crippen LogP contribution in [0.25, 0.3) is 0 Å². The lowest BCUT2D eigenvalue weighted by Crippen LogP contribution is -2.27. The van der Waals surface area contributed by atoms with Crippen LogP contribution in [0.3, 0.4) is 0 Å². The van der Waals surface area contributed by atoms with Crippen molar-refractivity contribution in [2.75, 3.05) is 24.6 Å². The number of rotatable bonds is 14. The Morgan fingerprint density at radius 2 is 1.59 bits per heavy atom. The third-order valence-electron chi connectivity index (χ3n) is 3.64. The normalized spacial score (nSPS) is 13.6. The van der Waals surface area contributed by atoms with Crippen molar-refractivity contribution in [2.45, 2.75) is 59.4 Å². The van der Waals surface area contributed by atoms with Crippen molar-refractivity contribution in [3.8, 4) is 0 Å². The summed E-state index contributed by atoms with van der Waals surface area (Å²) in [5, 5.41) is 6.32. The maximum Gasteiger partial charge on any atom is 0.220 e. The number of nitrogens with one attached hydrogen (secondary N) is 2. The maximum absolute atomic E-state index is 11.6. The van der Waals surface area contributed by atoms with Crippen molar-refractivity contribution < 1.29 is 9.59 Å². The van der Waals surface area contributed by atoms with Crippen LogP contribution in [0.1, 0.15) is 53.4 Å². The lowest BCUT2D eigenvalue weighted by Gasteiger charge is -2.10. The zero-order valence-corrected chi connectivity index (χ0v) is 16.1. The number of carbonyl (C=O) groups is 2. The second-order valence-corrected chi connectivity index (χ2v) is 8.24. The quantitative estimate of drug-likeness (QED) is 0.373. The van der Waals surface area contributed by atoms with Gasteiger partial charge in [0, 0.05) is 49.4 Å². The van der Waals surface area contributed by atoms with Gasteiger partial charge in [-0.1, -0.05) is 42.4 Å². The monoisotopic (exact) mass is 348 g/mol. The molecule has 0 rings (SSSR count). The number of amides is 1. The molecule has 130 valence electrons. The SMILES string of the molecule is CCC(C)NCCSSCCNC(=O)CCC(=O)C(C)CC. The first-order valence-electron chi connectivity index (χ1n) is 8.28. The highest BCUT2D eigenvalue weighted by Crippen LogP contribution is 2.19. The van der Waals surface area contributed by atoms with Gasteiger partial charge < -0.3 is 10.6 Å². The van der Waals surface area contributed by atoms with E-state index in [1.54, 1.807) is 10.8 Å². The molecule has 0 heterocycles. The maximum atomic E-state index is 11.6. The van der Waals surface area contributed by atoms with Gasteiger partial charge in [0.2, 0.25) is 5.91 Å². The van der Waals surface area contributed by atoms with Crippen LogP contribution in [0.5, 0.6) is 0 Å². The van der Waals surface area contributed by atoms with Crippen molar-refractivity contribution in [1.29, 1.82) is 0 Å². The zero-order valence-electron chi connectivity index (χ0n) is 14.4. The summed E-state index contributed by atoms with van der Waals surface area (Å²) in [6.07, 6.45) is 2.69. The summed E-state index contributed by atoms with van der Waals surface area (Å²) in [5.41, 5.74) is 0. The van der Waals surface area contributed by atoms with E-state index in [9.17, 15) is 9.59 Å². The number of hydrogen-bond acceptors (Lipinski definition) is 5. The molecule has 2 atom stereocenters. The van der Waals surface area contributed by atoms with Crippen LogP contribution < -0.4 is 10.6 Å². The first-order chi connectivity index (χ1) is 10.5. The second-order valence-electron chi connectivity index (χ2n) is 5.53. The molecule has 0 fully saturated rings. The Bertz CT molecular complexity index is 315. The largest absolute Gasteiger partial charge is 0.355 e. The summed E-state index contributed by atoms with van der Waals surface area (Å²) in [6, 6.07) is 0.586. The van der Waals surface area contributed by atoms with E-state index in [0.717, 1.165) is 30.9 Å². The van der Waals surface area contributed by atoms with E-state index in [0.29, 0.717) is 25.4 Å². The minimum atomic E-state index is -0.0132. The molecule has 0 aromatic carbocycles. The molecule has 0 aliphatic carbocycles. The van der Waals surface area contributed by atoms with Crippen LogP contribution in [0.4, 0.5) is 0 Å². The third-order valence-corrected chi connectivity index (χ3v) is 6.05. The summed E-state index contributed by atoms with van der Waals surface area (Å²) in [4.78, 5) is 23.2. The molecular formula is C16H32N2O2S2. The fourth-order valence-corrected chi connectivity index (χ4v) is 3.47. The molecule has 0 saturated heterocycles. The summed E-state index contributed by atoms with van der Waals surface area (Å²) < 4.78 is 0. The second kappa shape index (κ2) is 14.4. The molecular weight excluding hydrogens is 316 g/mol. The van der Waals surface area contributed by atoms with Crippen molar-refractivity contribution in [1.82, 2.24) is 10.6 Å². The molecule has 0 spiro atoms. The Morgan fingerprint density at radius 3 is 2.18 bits per heavy atom. The van der Waals surface area contributed by atoms with Gasteiger partial charge in [-0.15, -0.1) is 0 Å². The smallest absolute Gasteiger partial charge is 0.220 e. The minimum Gasteiger partial charge on any atom is -0.355 e. The Morgan fingerprint density at radius 1 is 0.955 bits per heavy atom. The first-order valence-corrected chi connectivity index (χ1v) is 10.8. The minimum absolute atomic E-state index is 0.0132. The predicted molar refractivity (Wildman–Crippen MR) is 99.4 cm³/mol. The van der Waals surface area contributed by atoms with Crippen LogP contribution in [-0.2, 0) is 9.59 Å². The Labute approximate surface area is 143 Å². The summed E-state index contributed by atoms with van der Waals surface area (Å²) in [5.74, 6) is 2.23. The molecule has 0 aliphatic heterocycles. The van der Waals surface area contributed by atoms with E-state index in [-0.39, 0.29) is 17.6 Å². The highest BCUT2D eigenvalue weighted by atomic mass is 33.1. The molecule has 0 aromatic rings. The average Bonchev–Trinajstić information content (AvgIpc) is 2.53. The Balaban J connectivity index is 3.40. The van der Waals surface area contributed by atoms with Gasteiger partial charge >= 0.3 is 0 Å². The highest BCUT2D eigenvalue weighted by Gasteiger charge is 2.12. The number of hydrogen-bond donors (Lipinski definition) is 2. The first kappa shape index (κ1) is 21.8. The zero-order chi connectivity index (χ0) is 16.8. The summed E-state index contributed by atoms with van der Waals surface area (Å²) in [6.45, 7) is 9.99. The van der Waals surface area contributed by atoms with Crippen molar-refractivity contribution in [3.05, 3.63) is 0 Å². The van der Waals surface area contributed by atoms with Crippen molar-refractivity contribution in [3.63, 3.8) is 0 Å². The molecule has 0 saturated carbocycles. The summed E-state index contributed by atoms with van der Waals surface area (Å²) in [7, 11) is 3.61. The van der Waals surface area contributed by atoms with Crippen LogP contribution in [-0.4, -0.2) is 42.3 Å². The molecule has 0 radical (unpaired) electrons. The molecule has 0 aromatic heterocycles. The van der Waals surface area contributed by atoms with E-state index < -0.39 is 0 Å². The van der Waals surface area contributed by atoms with Crippen LogP contribution in [0.15, 0.2) is 0 Å². The topological polar surface area (TPSA) is 58.2 Å². The van der Waals surface area contributed by atoms with Gasteiger partial charge in [0.1, 0.15) is 5.78 Å². The predicted octanol–water partition coefficient (Wildman–Crippen LogP) is 3.27. The van der Waals surface area contributed by atoms with Crippen molar-refractivity contribution in [2.24, 2.45) is 5.92 Å². The van der Waals surface area contributed by atoms with Gasteiger partial charge in [-0.25, -0.2) is 0 Å². The Hall–Kier alpha value is -0.200. The molecule has 2 unspecified atom stereocenters. The van der Waals surface area contributed by atoms with Crippen LogP contribution in [0, 0.1) is 5.92 Å². The standard InChI is InChI=1S/C16H32N2O2S2/c1-5-13(3)15(19)7-8-16(20)18-10-12-22-21-11-9-17-14(4)6-2/h13-14,17H,5-12H2,1-4H3,(H,18,20). The number of carbonyl (C=O) groups excluding carboxylic acids is 2. The molecule has 0 bridgehead atoms. The van der Waals surface area contributed by atoms with Gasteiger partial charge in [-0.2, -0.15) is 0 Å². The van der Waals surface area contributed by atoms with Crippen LogP contribution >= 0.6 is 21.6 Å². The van der Waals surface area contributed by atoms with Crippen LogP contribution in [0.2, 0.25) is 0 Å². The summed E-state index contributed by atoms with van der Waals surface area (Å²) >= 11 is 0. The lowest BCUT2D eigenvalue weighted by molar-refractivity contribution is -0.127. The van der Waals surface area contributed by atoms with Crippen molar-refractivity contribution >= 4 is 33.3 Å². The third kappa shape index (κ3) is 12.4. The van der Waals surface area contributed by atoms with Gasteiger partial charge in [0.15, 0.2) is 0 Å². The number of ketones is 1. The average molecular weight is 349 g/mol. The van der Waals surface area contributed by atoms with E-state index in [1.165, 1.54) is 0 Å². The van der Waals surface area contributed by atoms with Gasteiger partial charge in [0.05, 0.1) is 0 Å². The number of Topliss-reactive ketones (excluding diaryl/α,β-unsaturated/α-hetero) is 1. The molecule has 4 nitrogen and oxygen atoms in total.